The number of nitrogens with zero attached hydrogens (tertiary/aromatic N) is 1. The van der Waals surface area contributed by atoms with E-state index in [9.17, 15) is 9.59 Å². The Labute approximate surface area is 103 Å². The van der Waals surface area contributed by atoms with E-state index < -0.39 is 11.4 Å². The molecular formula is C13H13NO4. The first-order valence-corrected chi connectivity index (χ1v) is 5.38. The number of carboxylic acids is 1. The minimum absolute atomic E-state index is 0.196. The molecule has 94 valence electrons. The number of fused-ring (bicyclic) bond motifs is 1. The van der Waals surface area contributed by atoms with Crippen molar-refractivity contribution < 1.29 is 14.6 Å². The van der Waals surface area contributed by atoms with Gasteiger partial charge in [0.25, 0.3) is 0 Å². The van der Waals surface area contributed by atoms with E-state index in [1.165, 1.54) is 7.11 Å². The summed E-state index contributed by atoms with van der Waals surface area (Å²) in [6, 6.07) is 5.01. The fourth-order valence-electron chi connectivity index (χ4n) is 2.10. The molecule has 2 rings (SSSR count). The van der Waals surface area contributed by atoms with Crippen LogP contribution < -0.4 is 10.2 Å². The van der Waals surface area contributed by atoms with Crippen LogP contribution in [-0.2, 0) is 7.05 Å². The summed E-state index contributed by atoms with van der Waals surface area (Å²) >= 11 is 0. The first-order valence-electron chi connectivity index (χ1n) is 5.38. The first kappa shape index (κ1) is 12.2. The standard InChI is InChI=1S/C13H13NO4/c1-7-10(13(16)17)12(15)8-5-4-6-9(18-3)11(8)14(7)2/h4-6H,1-3H3,(H,16,17). The highest BCUT2D eigenvalue weighted by atomic mass is 16.5. The Bertz CT molecular complexity index is 700. The number of pyridine rings is 1. The van der Waals surface area contributed by atoms with E-state index in [2.05, 4.69) is 0 Å². The van der Waals surface area contributed by atoms with Crippen LogP contribution in [0.25, 0.3) is 10.9 Å². The predicted molar refractivity (Wildman–Crippen MR) is 67.4 cm³/mol. The van der Waals surface area contributed by atoms with Gasteiger partial charge in [0.1, 0.15) is 11.3 Å². The van der Waals surface area contributed by atoms with Crippen molar-refractivity contribution in [3.63, 3.8) is 0 Å². The molecule has 0 atom stereocenters. The maximum absolute atomic E-state index is 12.2. The maximum atomic E-state index is 12.2. The van der Waals surface area contributed by atoms with Gasteiger partial charge in [-0.15, -0.1) is 0 Å². The molecule has 0 amide bonds. The molecule has 1 aromatic carbocycles. The van der Waals surface area contributed by atoms with Crippen LogP contribution in [0.4, 0.5) is 0 Å². The summed E-state index contributed by atoms with van der Waals surface area (Å²) in [7, 11) is 3.23. The predicted octanol–water partition coefficient (Wildman–Crippen LogP) is 1.55. The van der Waals surface area contributed by atoms with E-state index in [0.717, 1.165) is 0 Å². The smallest absolute Gasteiger partial charge is 0.341 e. The van der Waals surface area contributed by atoms with Crippen molar-refractivity contribution in [2.24, 2.45) is 7.05 Å². The topological polar surface area (TPSA) is 68.5 Å². The molecule has 0 spiro atoms. The van der Waals surface area contributed by atoms with Crippen molar-refractivity contribution in [2.45, 2.75) is 6.92 Å². The first-order chi connectivity index (χ1) is 8.49. The molecule has 0 aliphatic heterocycles. The number of methoxy groups -OCH3 is 1. The molecule has 0 saturated heterocycles. The van der Waals surface area contributed by atoms with Gasteiger partial charge in [0.2, 0.25) is 5.43 Å². The van der Waals surface area contributed by atoms with Gasteiger partial charge in [-0.25, -0.2) is 4.79 Å². The quantitative estimate of drug-likeness (QED) is 0.874. The average Bonchev–Trinajstić information content (AvgIpc) is 2.35. The number of aryl methyl sites for hydroxylation is 1. The van der Waals surface area contributed by atoms with Gasteiger partial charge in [-0.3, -0.25) is 4.79 Å². The van der Waals surface area contributed by atoms with Gasteiger partial charge >= 0.3 is 5.97 Å². The molecule has 5 nitrogen and oxygen atoms in total. The van der Waals surface area contributed by atoms with Gasteiger partial charge in [-0.2, -0.15) is 0 Å². The van der Waals surface area contributed by atoms with E-state index in [1.54, 1.807) is 36.7 Å². The van der Waals surface area contributed by atoms with Crippen LogP contribution >= 0.6 is 0 Å². The molecule has 1 heterocycles. The van der Waals surface area contributed by atoms with Crippen LogP contribution in [0.15, 0.2) is 23.0 Å². The van der Waals surface area contributed by atoms with Gasteiger partial charge in [-0.05, 0) is 19.1 Å². The minimum atomic E-state index is -1.21. The summed E-state index contributed by atoms with van der Waals surface area (Å²) in [5.74, 6) is -0.662. The molecule has 0 radical (unpaired) electrons. The second-order valence-electron chi connectivity index (χ2n) is 4.01. The van der Waals surface area contributed by atoms with Crippen molar-refractivity contribution >= 4 is 16.9 Å². The molecule has 5 heteroatoms. The lowest BCUT2D eigenvalue weighted by Gasteiger charge is -2.14. The zero-order valence-corrected chi connectivity index (χ0v) is 10.4. The SMILES string of the molecule is COc1cccc2c(=O)c(C(=O)O)c(C)n(C)c12. The van der Waals surface area contributed by atoms with E-state index in [0.29, 0.717) is 22.3 Å². The second-order valence-corrected chi connectivity index (χ2v) is 4.01. The molecule has 1 N–H and O–H groups in total. The van der Waals surface area contributed by atoms with Crippen LogP contribution in [-0.4, -0.2) is 22.8 Å². The molecule has 0 aliphatic carbocycles. The molecule has 2 aromatic rings. The number of aromatic carboxylic acids is 1. The Kier molecular flexibility index (Phi) is 2.82. The van der Waals surface area contributed by atoms with Crippen molar-refractivity contribution in [3.05, 3.63) is 39.7 Å². The monoisotopic (exact) mass is 247 g/mol. The molecule has 0 bridgehead atoms. The Hall–Kier alpha value is -2.30. The molecule has 1 aromatic heterocycles. The summed E-state index contributed by atoms with van der Waals surface area (Å²) in [6.07, 6.45) is 0. The van der Waals surface area contributed by atoms with Crippen molar-refractivity contribution in [3.8, 4) is 5.75 Å². The van der Waals surface area contributed by atoms with Gasteiger partial charge in [0.05, 0.1) is 18.0 Å². The number of carbonyl (C=O) groups is 1. The zero-order valence-electron chi connectivity index (χ0n) is 10.4. The summed E-state index contributed by atoms with van der Waals surface area (Å²) < 4.78 is 6.88. The average molecular weight is 247 g/mol. The van der Waals surface area contributed by atoms with Crippen LogP contribution in [0.3, 0.4) is 0 Å². The Balaban J connectivity index is 3.07. The van der Waals surface area contributed by atoms with E-state index in [4.69, 9.17) is 9.84 Å². The third-order valence-corrected chi connectivity index (χ3v) is 3.10. The summed E-state index contributed by atoms with van der Waals surface area (Å²) in [4.78, 5) is 23.3. The lowest BCUT2D eigenvalue weighted by molar-refractivity contribution is 0.0694. The highest BCUT2D eigenvalue weighted by Crippen LogP contribution is 2.24. The Morgan fingerprint density at radius 2 is 2.06 bits per heavy atom. The maximum Gasteiger partial charge on any atom is 0.341 e. The van der Waals surface area contributed by atoms with Crippen LogP contribution in [0, 0.1) is 6.92 Å². The van der Waals surface area contributed by atoms with Gasteiger partial charge < -0.3 is 14.4 Å². The molecular weight excluding hydrogens is 234 g/mol. The highest BCUT2D eigenvalue weighted by Gasteiger charge is 2.19. The number of para-hydroxylation sites is 1. The molecule has 0 unspecified atom stereocenters. The van der Waals surface area contributed by atoms with Gasteiger partial charge in [0.15, 0.2) is 0 Å². The summed E-state index contributed by atoms with van der Waals surface area (Å²) in [5, 5.41) is 9.46. The number of benzene rings is 1. The number of hydrogen-bond donors (Lipinski definition) is 1. The van der Waals surface area contributed by atoms with Crippen LogP contribution in [0.5, 0.6) is 5.75 Å². The Morgan fingerprint density at radius 1 is 1.39 bits per heavy atom. The van der Waals surface area contributed by atoms with Gasteiger partial charge in [0, 0.05) is 12.7 Å². The third-order valence-electron chi connectivity index (χ3n) is 3.10. The fourth-order valence-corrected chi connectivity index (χ4v) is 2.10. The van der Waals surface area contributed by atoms with E-state index in [1.807, 2.05) is 0 Å². The molecule has 18 heavy (non-hydrogen) atoms. The molecule has 0 aliphatic rings. The fraction of sp³-hybridized carbons (Fsp3) is 0.231. The zero-order chi connectivity index (χ0) is 13.4. The Morgan fingerprint density at radius 3 is 2.61 bits per heavy atom. The van der Waals surface area contributed by atoms with Crippen LogP contribution in [0.1, 0.15) is 16.1 Å². The highest BCUT2D eigenvalue weighted by molar-refractivity contribution is 5.95. The molecule has 0 saturated carbocycles. The number of carboxylic acid groups (broad SMARTS) is 1. The van der Waals surface area contributed by atoms with Crippen molar-refractivity contribution in [2.75, 3.05) is 7.11 Å². The lowest BCUT2D eigenvalue weighted by Crippen LogP contribution is -2.21. The second kappa shape index (κ2) is 4.18. The third kappa shape index (κ3) is 1.55. The largest absolute Gasteiger partial charge is 0.495 e. The number of aromatic nitrogens is 1. The minimum Gasteiger partial charge on any atom is -0.495 e. The summed E-state index contributed by atoms with van der Waals surface area (Å²) in [5.41, 5.74) is 0.335. The van der Waals surface area contributed by atoms with Crippen molar-refractivity contribution in [1.82, 2.24) is 4.57 Å². The normalized spacial score (nSPS) is 10.6. The van der Waals surface area contributed by atoms with E-state index in [-0.39, 0.29) is 5.56 Å². The van der Waals surface area contributed by atoms with Gasteiger partial charge in [-0.1, -0.05) is 6.07 Å². The van der Waals surface area contributed by atoms with E-state index >= 15 is 0 Å². The number of hydrogen-bond acceptors (Lipinski definition) is 3. The van der Waals surface area contributed by atoms with Crippen molar-refractivity contribution in [1.29, 1.82) is 0 Å². The number of ether oxygens (including phenoxy) is 1. The summed E-state index contributed by atoms with van der Waals surface area (Å²) in [6.45, 7) is 1.61. The number of rotatable bonds is 2. The lowest BCUT2D eigenvalue weighted by atomic mass is 10.1. The van der Waals surface area contributed by atoms with Crippen LogP contribution in [0.2, 0.25) is 0 Å². The molecule has 0 fully saturated rings.